The molecule has 10 rings (SSSR count). The third-order valence-corrected chi connectivity index (χ3v) is 10.3. The van der Waals surface area contributed by atoms with Gasteiger partial charge in [0, 0.05) is 41.5 Å². The fourth-order valence-corrected chi connectivity index (χ4v) is 7.20. The summed E-state index contributed by atoms with van der Waals surface area (Å²) in [5.41, 5.74) is 9.07. The van der Waals surface area contributed by atoms with Gasteiger partial charge in [0.05, 0.1) is 59.9 Å². The molecule has 0 aliphatic rings. The SMILES string of the molecule is O=c1c2ccncc2ncn1Cc1ccc(-c2ccc3ncc(-[n+]4ccc5c(=O)n(Cc6ccc(-c7ccc8cnccc8c7)cc6)cnc5c4)cc3c2)cc1. The van der Waals surface area contributed by atoms with Gasteiger partial charge in [0.2, 0.25) is 11.9 Å². The first kappa shape index (κ1) is 32.9. The van der Waals surface area contributed by atoms with E-state index in [4.69, 9.17) is 4.98 Å². The van der Waals surface area contributed by atoms with Gasteiger partial charge in [0.1, 0.15) is 5.52 Å². The maximum Gasteiger partial charge on any atom is 0.261 e. The highest BCUT2D eigenvalue weighted by atomic mass is 16.1. The summed E-state index contributed by atoms with van der Waals surface area (Å²) < 4.78 is 5.20. The van der Waals surface area contributed by atoms with E-state index < -0.39 is 0 Å². The van der Waals surface area contributed by atoms with E-state index in [1.807, 2.05) is 59.7 Å². The molecule has 0 unspecified atom stereocenters. The average Bonchev–Trinajstić information content (AvgIpc) is 3.25. The first-order valence-electron chi connectivity index (χ1n) is 18.1. The van der Waals surface area contributed by atoms with Crippen LogP contribution in [0, 0.1) is 0 Å². The van der Waals surface area contributed by atoms with E-state index in [0.29, 0.717) is 34.9 Å². The number of hydrogen-bond acceptors (Lipinski definition) is 7. The Bertz CT molecular complexity index is 3250. The Kier molecular flexibility index (Phi) is 7.99. The Morgan fingerprint density at radius 3 is 1.82 bits per heavy atom. The number of aromatic nitrogens is 8. The molecular formula is C46H31N8O2+. The molecule has 6 aromatic heterocycles. The molecule has 6 heterocycles. The van der Waals surface area contributed by atoms with E-state index in [9.17, 15) is 9.59 Å². The molecule has 10 heteroatoms. The summed E-state index contributed by atoms with van der Waals surface area (Å²) in [4.78, 5) is 48.6. The smallest absolute Gasteiger partial charge is 0.261 e. The number of benzene rings is 4. The van der Waals surface area contributed by atoms with Crippen LogP contribution in [0.25, 0.3) is 71.4 Å². The number of pyridine rings is 4. The molecule has 0 saturated carbocycles. The highest BCUT2D eigenvalue weighted by Crippen LogP contribution is 2.26. The summed E-state index contributed by atoms with van der Waals surface area (Å²) in [6.45, 7) is 0.834. The van der Waals surface area contributed by atoms with Crippen molar-refractivity contribution in [1.29, 1.82) is 0 Å². The van der Waals surface area contributed by atoms with E-state index in [1.165, 1.54) is 0 Å². The van der Waals surface area contributed by atoms with Gasteiger partial charge in [-0.3, -0.25) is 28.7 Å². The second kappa shape index (κ2) is 13.6. The Morgan fingerprint density at radius 2 is 1.09 bits per heavy atom. The highest BCUT2D eigenvalue weighted by Gasteiger charge is 2.14. The minimum atomic E-state index is -0.0970. The quantitative estimate of drug-likeness (QED) is 0.158. The monoisotopic (exact) mass is 727 g/mol. The lowest BCUT2D eigenvalue weighted by atomic mass is 10.0. The molecule has 4 aromatic carbocycles. The molecule has 0 aliphatic carbocycles. The Morgan fingerprint density at radius 1 is 0.482 bits per heavy atom. The number of rotatable bonds is 7. The molecule has 56 heavy (non-hydrogen) atoms. The van der Waals surface area contributed by atoms with E-state index in [0.717, 1.165) is 60.7 Å². The lowest BCUT2D eigenvalue weighted by Crippen LogP contribution is -2.31. The predicted octanol–water partition coefficient (Wildman–Crippen LogP) is 7.31. The van der Waals surface area contributed by atoms with Crippen LogP contribution >= 0.6 is 0 Å². The van der Waals surface area contributed by atoms with Gasteiger partial charge in [-0.25, -0.2) is 15.0 Å². The van der Waals surface area contributed by atoms with Crippen LogP contribution in [-0.2, 0) is 13.1 Å². The van der Waals surface area contributed by atoms with Crippen molar-refractivity contribution in [1.82, 2.24) is 34.1 Å². The van der Waals surface area contributed by atoms with Crippen molar-refractivity contribution in [3.05, 3.63) is 197 Å². The first-order valence-corrected chi connectivity index (χ1v) is 18.1. The lowest BCUT2D eigenvalue weighted by molar-refractivity contribution is -0.594. The van der Waals surface area contributed by atoms with Crippen molar-refractivity contribution >= 4 is 43.5 Å². The molecule has 0 atom stereocenters. The van der Waals surface area contributed by atoms with Crippen molar-refractivity contribution < 1.29 is 4.57 Å². The maximum atomic E-state index is 13.6. The summed E-state index contributed by atoms with van der Waals surface area (Å²) in [6, 6.07) is 36.7. The predicted molar refractivity (Wildman–Crippen MR) is 217 cm³/mol. The minimum Gasteiger partial charge on any atom is -0.294 e. The summed E-state index contributed by atoms with van der Waals surface area (Å²) in [5, 5.41) is 4.33. The molecule has 0 aliphatic heterocycles. The van der Waals surface area contributed by atoms with Gasteiger partial charge in [-0.15, -0.1) is 0 Å². The van der Waals surface area contributed by atoms with Gasteiger partial charge in [-0.1, -0.05) is 66.7 Å². The average molecular weight is 728 g/mol. The second-order valence-electron chi connectivity index (χ2n) is 13.8. The summed E-state index contributed by atoms with van der Waals surface area (Å²) in [6.07, 6.45) is 15.6. The molecular weight excluding hydrogens is 697 g/mol. The molecule has 0 fully saturated rings. The van der Waals surface area contributed by atoms with E-state index >= 15 is 0 Å². The number of fused-ring (bicyclic) bond motifs is 4. The zero-order valence-corrected chi connectivity index (χ0v) is 29.9. The highest BCUT2D eigenvalue weighted by molar-refractivity contribution is 5.87. The normalized spacial score (nSPS) is 11.5. The molecule has 0 bridgehead atoms. The van der Waals surface area contributed by atoms with Crippen LogP contribution in [0.2, 0.25) is 0 Å². The molecule has 266 valence electrons. The fourth-order valence-electron chi connectivity index (χ4n) is 7.20. The zero-order valence-electron chi connectivity index (χ0n) is 29.9. The Hall–Kier alpha value is -7.72. The fraction of sp³-hybridized carbons (Fsp3) is 0.0435. The summed E-state index contributed by atoms with van der Waals surface area (Å²) >= 11 is 0. The number of nitrogens with zero attached hydrogens (tertiary/aromatic N) is 8. The Balaban J connectivity index is 0.869. The van der Waals surface area contributed by atoms with Crippen molar-refractivity contribution in [3.63, 3.8) is 0 Å². The van der Waals surface area contributed by atoms with Gasteiger partial charge in [0.15, 0.2) is 6.20 Å². The van der Waals surface area contributed by atoms with E-state index in [1.54, 1.807) is 46.4 Å². The van der Waals surface area contributed by atoms with Crippen LogP contribution in [0.1, 0.15) is 11.1 Å². The molecule has 0 radical (unpaired) electrons. The first-order chi connectivity index (χ1) is 27.5. The zero-order chi connectivity index (χ0) is 37.6. The maximum absolute atomic E-state index is 13.6. The minimum absolute atomic E-state index is 0.0922. The van der Waals surface area contributed by atoms with Crippen LogP contribution in [0.4, 0.5) is 0 Å². The van der Waals surface area contributed by atoms with Gasteiger partial charge in [-0.2, -0.15) is 4.57 Å². The van der Waals surface area contributed by atoms with Crippen molar-refractivity contribution in [3.8, 4) is 27.9 Å². The van der Waals surface area contributed by atoms with Crippen LogP contribution < -0.4 is 15.7 Å². The van der Waals surface area contributed by atoms with Gasteiger partial charge >= 0.3 is 0 Å². The molecule has 0 spiro atoms. The third-order valence-electron chi connectivity index (χ3n) is 10.3. The van der Waals surface area contributed by atoms with Gasteiger partial charge in [0.25, 0.3) is 11.1 Å². The van der Waals surface area contributed by atoms with Crippen LogP contribution in [0.3, 0.4) is 0 Å². The molecule has 10 aromatic rings. The summed E-state index contributed by atoms with van der Waals surface area (Å²) in [7, 11) is 0. The van der Waals surface area contributed by atoms with Crippen LogP contribution in [0.15, 0.2) is 175 Å². The second-order valence-corrected chi connectivity index (χ2v) is 13.8. The third kappa shape index (κ3) is 6.14. The molecule has 10 nitrogen and oxygen atoms in total. The van der Waals surface area contributed by atoms with Crippen LogP contribution in [0.5, 0.6) is 0 Å². The molecule has 0 saturated heterocycles. The Labute approximate surface area is 319 Å². The molecule has 0 N–H and O–H groups in total. The number of hydrogen-bond donors (Lipinski definition) is 0. The van der Waals surface area contributed by atoms with E-state index in [2.05, 4.69) is 92.7 Å². The van der Waals surface area contributed by atoms with Gasteiger partial charge < -0.3 is 0 Å². The van der Waals surface area contributed by atoms with Crippen molar-refractivity contribution in [2.24, 2.45) is 0 Å². The van der Waals surface area contributed by atoms with E-state index in [-0.39, 0.29) is 11.1 Å². The van der Waals surface area contributed by atoms with Crippen LogP contribution in [-0.4, -0.2) is 34.1 Å². The lowest BCUT2D eigenvalue weighted by Gasteiger charge is -2.09. The van der Waals surface area contributed by atoms with Crippen molar-refractivity contribution in [2.75, 3.05) is 0 Å². The standard InChI is InChI=1S/C46H31N8O2/c55-45-40-14-17-48-24-43(40)50-28-53(45)25-30-3-7-33(8-4-30)35-11-12-42-38(20-35)21-39(23-49-42)52-18-15-41-44(27-52)51-29-54(46(41)56)26-31-1-5-32(6-2-31)34-9-10-37-22-47-16-13-36(37)19-34/h1-24,27-29H,25-26H2/q+1. The van der Waals surface area contributed by atoms with Gasteiger partial charge in [-0.05, 0) is 69.1 Å². The summed E-state index contributed by atoms with van der Waals surface area (Å²) in [5.74, 6) is 0. The van der Waals surface area contributed by atoms with Crippen molar-refractivity contribution in [2.45, 2.75) is 13.1 Å². The largest absolute Gasteiger partial charge is 0.294 e. The topological polar surface area (TPSA) is 112 Å². The molecule has 0 amide bonds.